The van der Waals surface area contributed by atoms with Gasteiger partial charge in [0, 0.05) is 0 Å². The Hall–Kier alpha value is -1.23. The summed E-state index contributed by atoms with van der Waals surface area (Å²) < 4.78 is 29.8. The van der Waals surface area contributed by atoms with E-state index in [-0.39, 0.29) is 23.7 Å². The summed E-state index contributed by atoms with van der Waals surface area (Å²) in [6.45, 7) is 1.86. The maximum absolute atomic E-state index is 12.6. The van der Waals surface area contributed by atoms with E-state index < -0.39 is 18.1 Å². The first-order chi connectivity index (χ1) is 7.54. The molecular formula is C10H10ClF2NO2. The summed E-state index contributed by atoms with van der Waals surface area (Å²) in [7, 11) is 0. The predicted molar refractivity (Wildman–Crippen MR) is 54.5 cm³/mol. The van der Waals surface area contributed by atoms with E-state index in [0.717, 1.165) is 0 Å². The van der Waals surface area contributed by atoms with E-state index in [1.807, 2.05) is 0 Å². The molecule has 3 nitrogen and oxygen atoms in total. The second-order valence-electron chi connectivity index (χ2n) is 2.96. The minimum atomic E-state index is -2.76. The third-order valence-corrected chi connectivity index (χ3v) is 2.04. The minimum Gasteiger partial charge on any atom is -0.466 e. The normalized spacial score (nSPS) is 10.6. The van der Waals surface area contributed by atoms with Crippen molar-refractivity contribution in [2.24, 2.45) is 0 Å². The fourth-order valence-electron chi connectivity index (χ4n) is 1.18. The number of esters is 1. The van der Waals surface area contributed by atoms with Crippen molar-refractivity contribution in [3.05, 3.63) is 28.5 Å². The molecule has 88 valence electrons. The molecule has 0 atom stereocenters. The summed E-state index contributed by atoms with van der Waals surface area (Å²) >= 11 is 5.50. The Balaban J connectivity index is 2.90. The van der Waals surface area contributed by atoms with Crippen molar-refractivity contribution in [2.45, 2.75) is 19.8 Å². The summed E-state index contributed by atoms with van der Waals surface area (Å²) in [6, 6.07) is 2.72. The molecular weight excluding hydrogens is 240 g/mol. The number of ether oxygens (including phenoxy) is 1. The molecule has 0 bridgehead atoms. The van der Waals surface area contributed by atoms with Gasteiger partial charge in [0.15, 0.2) is 0 Å². The van der Waals surface area contributed by atoms with Gasteiger partial charge in [-0.2, -0.15) is 0 Å². The Bertz CT molecular complexity index is 385. The molecule has 1 aromatic heterocycles. The Morgan fingerprint density at radius 1 is 1.56 bits per heavy atom. The molecule has 0 aliphatic heterocycles. The van der Waals surface area contributed by atoms with Crippen molar-refractivity contribution in [3.63, 3.8) is 0 Å². The highest BCUT2D eigenvalue weighted by Crippen LogP contribution is 2.23. The van der Waals surface area contributed by atoms with E-state index in [0.29, 0.717) is 0 Å². The van der Waals surface area contributed by atoms with E-state index >= 15 is 0 Å². The molecule has 0 fully saturated rings. The number of hydrogen-bond acceptors (Lipinski definition) is 3. The van der Waals surface area contributed by atoms with Gasteiger partial charge in [-0.15, -0.1) is 0 Å². The van der Waals surface area contributed by atoms with E-state index in [1.165, 1.54) is 12.1 Å². The van der Waals surface area contributed by atoms with E-state index in [9.17, 15) is 13.6 Å². The lowest BCUT2D eigenvalue weighted by Gasteiger charge is -2.07. The Labute approximate surface area is 96.4 Å². The van der Waals surface area contributed by atoms with Gasteiger partial charge in [0.25, 0.3) is 6.43 Å². The van der Waals surface area contributed by atoms with Crippen LogP contribution in [-0.2, 0) is 16.0 Å². The Morgan fingerprint density at radius 2 is 2.25 bits per heavy atom. The molecule has 0 spiro atoms. The van der Waals surface area contributed by atoms with Crippen molar-refractivity contribution in [1.82, 2.24) is 4.98 Å². The van der Waals surface area contributed by atoms with Gasteiger partial charge in [-0.3, -0.25) is 4.79 Å². The lowest BCUT2D eigenvalue weighted by molar-refractivity contribution is -0.142. The van der Waals surface area contributed by atoms with Gasteiger partial charge in [-0.05, 0) is 18.6 Å². The van der Waals surface area contributed by atoms with Crippen LogP contribution in [0, 0.1) is 0 Å². The fourth-order valence-corrected chi connectivity index (χ4v) is 1.34. The molecule has 0 aromatic carbocycles. The smallest absolute Gasteiger partial charge is 0.310 e. The summed E-state index contributed by atoms with van der Waals surface area (Å²) in [5, 5.41) is -0.0251. The molecule has 0 radical (unpaired) electrons. The second kappa shape index (κ2) is 5.75. The number of hydrogen-bond donors (Lipinski definition) is 0. The number of aromatic nitrogens is 1. The van der Waals surface area contributed by atoms with Crippen LogP contribution < -0.4 is 0 Å². The van der Waals surface area contributed by atoms with Crippen molar-refractivity contribution in [3.8, 4) is 0 Å². The summed E-state index contributed by atoms with van der Waals surface area (Å²) in [5.74, 6) is -0.562. The maximum atomic E-state index is 12.6. The Kier molecular flexibility index (Phi) is 4.61. The SMILES string of the molecule is CCOC(=O)Cc1ccc(Cl)nc1C(F)F. The van der Waals surface area contributed by atoms with Crippen LogP contribution in [0.1, 0.15) is 24.6 Å². The van der Waals surface area contributed by atoms with E-state index in [2.05, 4.69) is 9.72 Å². The molecule has 0 aliphatic carbocycles. The number of rotatable bonds is 4. The number of alkyl halides is 2. The lowest BCUT2D eigenvalue weighted by Crippen LogP contribution is -2.10. The third-order valence-electron chi connectivity index (χ3n) is 1.83. The largest absolute Gasteiger partial charge is 0.466 e. The van der Waals surface area contributed by atoms with Crippen molar-refractivity contribution in [1.29, 1.82) is 0 Å². The molecule has 16 heavy (non-hydrogen) atoms. The van der Waals surface area contributed by atoms with Crippen LogP contribution in [0.15, 0.2) is 12.1 Å². The molecule has 0 amide bonds. The summed E-state index contributed by atoms with van der Waals surface area (Å²) in [4.78, 5) is 14.6. The number of halogens is 3. The van der Waals surface area contributed by atoms with Gasteiger partial charge in [0.2, 0.25) is 0 Å². The number of pyridine rings is 1. The first-order valence-corrected chi connectivity index (χ1v) is 5.01. The fraction of sp³-hybridized carbons (Fsp3) is 0.400. The minimum absolute atomic E-state index is 0.0251. The highest BCUT2D eigenvalue weighted by Gasteiger charge is 2.17. The molecule has 6 heteroatoms. The zero-order chi connectivity index (χ0) is 12.1. The topological polar surface area (TPSA) is 39.2 Å². The van der Waals surface area contributed by atoms with Crippen LogP contribution >= 0.6 is 11.6 Å². The predicted octanol–water partition coefficient (Wildman–Crippen LogP) is 2.78. The van der Waals surface area contributed by atoms with Crippen LogP contribution in [-0.4, -0.2) is 17.6 Å². The molecule has 1 aromatic rings. The first kappa shape index (κ1) is 12.8. The number of carbonyl (C=O) groups excluding carboxylic acids is 1. The molecule has 0 saturated heterocycles. The first-order valence-electron chi connectivity index (χ1n) is 4.63. The van der Waals surface area contributed by atoms with Crippen LogP contribution in [0.3, 0.4) is 0 Å². The monoisotopic (exact) mass is 249 g/mol. The molecule has 1 heterocycles. The average Bonchev–Trinajstić information content (AvgIpc) is 2.20. The van der Waals surface area contributed by atoms with Crippen molar-refractivity contribution in [2.75, 3.05) is 6.61 Å². The third kappa shape index (κ3) is 3.41. The van der Waals surface area contributed by atoms with Gasteiger partial charge in [0.1, 0.15) is 10.8 Å². The molecule has 0 unspecified atom stereocenters. The van der Waals surface area contributed by atoms with E-state index in [4.69, 9.17) is 11.6 Å². The van der Waals surface area contributed by atoms with Gasteiger partial charge in [-0.1, -0.05) is 17.7 Å². The van der Waals surface area contributed by atoms with Crippen molar-refractivity contribution >= 4 is 17.6 Å². The number of carbonyl (C=O) groups is 1. The lowest BCUT2D eigenvalue weighted by atomic mass is 10.1. The van der Waals surface area contributed by atoms with Crippen LogP contribution in [0.2, 0.25) is 5.15 Å². The van der Waals surface area contributed by atoms with Gasteiger partial charge < -0.3 is 4.74 Å². The zero-order valence-corrected chi connectivity index (χ0v) is 9.30. The summed E-state index contributed by atoms with van der Waals surface area (Å²) in [5.41, 5.74) is -0.335. The molecule has 1 rings (SSSR count). The average molecular weight is 250 g/mol. The molecule has 0 aliphatic rings. The molecule has 0 N–H and O–H groups in total. The highest BCUT2D eigenvalue weighted by atomic mass is 35.5. The van der Waals surface area contributed by atoms with Crippen molar-refractivity contribution < 1.29 is 18.3 Å². The van der Waals surface area contributed by atoms with Crippen LogP contribution in [0.25, 0.3) is 0 Å². The number of nitrogens with zero attached hydrogens (tertiary/aromatic N) is 1. The van der Waals surface area contributed by atoms with Crippen LogP contribution in [0.4, 0.5) is 8.78 Å². The quantitative estimate of drug-likeness (QED) is 0.608. The van der Waals surface area contributed by atoms with Gasteiger partial charge in [-0.25, -0.2) is 13.8 Å². The Morgan fingerprint density at radius 3 is 2.81 bits per heavy atom. The van der Waals surface area contributed by atoms with Gasteiger partial charge >= 0.3 is 5.97 Å². The van der Waals surface area contributed by atoms with Gasteiger partial charge in [0.05, 0.1) is 13.0 Å². The summed E-state index contributed by atoms with van der Waals surface area (Å²) in [6.07, 6.45) is -2.99. The second-order valence-corrected chi connectivity index (χ2v) is 3.35. The maximum Gasteiger partial charge on any atom is 0.310 e. The van der Waals surface area contributed by atoms with E-state index in [1.54, 1.807) is 6.92 Å². The highest BCUT2D eigenvalue weighted by molar-refractivity contribution is 6.29. The van der Waals surface area contributed by atoms with Crippen LogP contribution in [0.5, 0.6) is 0 Å². The molecule has 0 saturated carbocycles. The standard InChI is InChI=1S/C10H10ClF2NO2/c1-2-16-8(15)5-6-3-4-7(11)14-9(6)10(12)13/h3-4,10H,2,5H2,1H3. The zero-order valence-electron chi connectivity index (χ0n) is 8.54.